The Morgan fingerprint density at radius 1 is 1.02 bits per heavy atom. The number of rotatable bonds is 12. The fraction of sp³-hybridized carbons (Fsp3) is 0.581. The molecule has 1 unspecified atom stereocenters. The van der Waals surface area contributed by atoms with Gasteiger partial charge >= 0.3 is 18.0 Å². The van der Waals surface area contributed by atoms with E-state index in [0.29, 0.717) is 19.4 Å². The number of likely N-dealkylation sites (tertiary alicyclic amines) is 1. The van der Waals surface area contributed by atoms with E-state index in [1.54, 1.807) is 65.8 Å². The second-order valence-electron chi connectivity index (χ2n) is 12.3. The molecule has 3 amide bonds. The van der Waals surface area contributed by atoms with Gasteiger partial charge in [-0.05, 0) is 51.0 Å². The average molecular weight is 588 g/mol. The predicted molar refractivity (Wildman–Crippen MR) is 156 cm³/mol. The lowest BCUT2D eigenvalue weighted by Crippen LogP contribution is -2.59. The number of hydrogen-bond donors (Lipinski definition) is 2. The number of amides is 3. The van der Waals surface area contributed by atoms with Crippen LogP contribution in [0.2, 0.25) is 0 Å². The van der Waals surface area contributed by atoms with Gasteiger partial charge in [-0.1, -0.05) is 63.8 Å². The number of esters is 2. The molecule has 0 radical (unpaired) electrons. The number of benzene rings is 1. The molecule has 1 aliphatic rings. The molecule has 2 rings (SSSR count). The summed E-state index contributed by atoms with van der Waals surface area (Å²) in [4.78, 5) is 66.4. The second-order valence-corrected chi connectivity index (χ2v) is 12.3. The first-order chi connectivity index (χ1) is 19.6. The van der Waals surface area contributed by atoms with Gasteiger partial charge in [0.2, 0.25) is 11.8 Å². The van der Waals surface area contributed by atoms with Gasteiger partial charge < -0.3 is 29.7 Å². The number of hydrogen-bond acceptors (Lipinski definition) is 8. The van der Waals surface area contributed by atoms with Crippen molar-refractivity contribution in [2.45, 2.75) is 97.6 Å². The smallest absolute Gasteiger partial charge is 0.408 e. The predicted octanol–water partition coefficient (Wildman–Crippen LogP) is 3.65. The maximum Gasteiger partial charge on any atom is 0.408 e. The number of nitrogens with zero attached hydrogens (tertiary/aromatic N) is 1. The van der Waals surface area contributed by atoms with Crippen LogP contribution in [0.15, 0.2) is 43.0 Å². The minimum absolute atomic E-state index is 0.0194. The van der Waals surface area contributed by atoms with E-state index in [2.05, 4.69) is 17.2 Å². The Hall–Kier alpha value is -3.89. The maximum atomic E-state index is 13.7. The molecular formula is C31H45N3O8. The molecule has 0 aliphatic carbocycles. The minimum Gasteiger partial charge on any atom is -0.460 e. The van der Waals surface area contributed by atoms with Crippen LogP contribution in [0.4, 0.5) is 4.79 Å². The molecule has 1 fully saturated rings. The fourth-order valence-corrected chi connectivity index (χ4v) is 4.40. The van der Waals surface area contributed by atoms with Gasteiger partial charge in [0, 0.05) is 13.0 Å². The van der Waals surface area contributed by atoms with Crippen molar-refractivity contribution in [3.05, 3.63) is 48.6 Å². The third kappa shape index (κ3) is 11.2. The molecule has 0 saturated carbocycles. The average Bonchev–Trinajstić information content (AvgIpc) is 3.40. The number of ether oxygens (including phenoxy) is 3. The van der Waals surface area contributed by atoms with E-state index in [1.807, 2.05) is 6.07 Å². The molecule has 42 heavy (non-hydrogen) atoms. The van der Waals surface area contributed by atoms with Crippen molar-refractivity contribution in [3.8, 4) is 0 Å². The third-order valence-corrected chi connectivity index (χ3v) is 6.43. The first-order valence-corrected chi connectivity index (χ1v) is 14.2. The van der Waals surface area contributed by atoms with Crippen LogP contribution in [-0.4, -0.2) is 71.6 Å². The topological polar surface area (TPSA) is 140 Å². The molecule has 11 heteroatoms. The number of nitrogens with one attached hydrogen (secondary N) is 2. The van der Waals surface area contributed by atoms with E-state index in [4.69, 9.17) is 14.2 Å². The summed E-state index contributed by atoms with van der Waals surface area (Å²) in [7, 11) is 0. The molecule has 1 heterocycles. The van der Waals surface area contributed by atoms with Gasteiger partial charge in [-0.2, -0.15) is 0 Å². The summed E-state index contributed by atoms with van der Waals surface area (Å²) in [6.45, 7) is 14.4. The number of carbonyl (C=O) groups is 5. The van der Waals surface area contributed by atoms with E-state index >= 15 is 0 Å². The Balaban J connectivity index is 2.20. The van der Waals surface area contributed by atoms with Gasteiger partial charge in [0.1, 0.15) is 36.9 Å². The van der Waals surface area contributed by atoms with E-state index in [9.17, 15) is 24.0 Å². The Labute approximate surface area is 248 Å². The van der Waals surface area contributed by atoms with Crippen LogP contribution in [0.5, 0.6) is 0 Å². The SMILES string of the molecule is C=CCOC(=O)[C@H]1CCCN1C(=O)C(NC(=O)[C@H](CCC(=O)OC(C)(C)C)NC(=O)OCc1ccccc1)C(C)(C)C. The van der Waals surface area contributed by atoms with Gasteiger partial charge in [0.25, 0.3) is 0 Å². The molecule has 0 bridgehead atoms. The van der Waals surface area contributed by atoms with Gasteiger partial charge in [0.05, 0.1) is 0 Å². The highest BCUT2D eigenvalue weighted by Crippen LogP contribution is 2.26. The number of carbonyl (C=O) groups excluding carboxylic acids is 5. The van der Waals surface area contributed by atoms with Crippen molar-refractivity contribution < 1.29 is 38.2 Å². The van der Waals surface area contributed by atoms with Gasteiger partial charge in [0.15, 0.2) is 0 Å². The van der Waals surface area contributed by atoms with Crippen LogP contribution in [0.1, 0.15) is 72.8 Å². The van der Waals surface area contributed by atoms with Crippen LogP contribution in [0.3, 0.4) is 0 Å². The van der Waals surface area contributed by atoms with Crippen molar-refractivity contribution in [3.63, 3.8) is 0 Å². The van der Waals surface area contributed by atoms with Crippen LogP contribution >= 0.6 is 0 Å². The standard InChI is InChI=1S/C31H45N3O8/c1-8-19-40-28(38)23-15-12-18-34(23)27(37)25(30(2,3)4)33-26(36)22(16-17-24(35)42-31(5,6)7)32-29(39)41-20-21-13-10-9-11-14-21/h8-11,13-14,22-23,25H,1,12,15-20H2,2-7H3,(H,32,39)(H,33,36)/t22-,23+,25?/m0/s1. The fourth-order valence-electron chi connectivity index (χ4n) is 4.40. The maximum absolute atomic E-state index is 13.7. The molecule has 1 saturated heterocycles. The largest absolute Gasteiger partial charge is 0.460 e. The van der Waals surface area contributed by atoms with Crippen molar-refractivity contribution in [2.75, 3.05) is 13.2 Å². The van der Waals surface area contributed by atoms with Crippen LogP contribution in [-0.2, 0) is 40.0 Å². The first-order valence-electron chi connectivity index (χ1n) is 14.2. The van der Waals surface area contributed by atoms with Gasteiger partial charge in [-0.25, -0.2) is 9.59 Å². The van der Waals surface area contributed by atoms with Crippen LogP contribution in [0.25, 0.3) is 0 Å². The lowest BCUT2D eigenvalue weighted by molar-refractivity contribution is -0.155. The Kier molecular flexibility index (Phi) is 12.6. The summed E-state index contributed by atoms with van der Waals surface area (Å²) in [6.07, 6.45) is 1.40. The Morgan fingerprint density at radius 3 is 2.29 bits per heavy atom. The Bertz CT molecular complexity index is 1110. The van der Waals surface area contributed by atoms with E-state index < -0.39 is 59.0 Å². The van der Waals surface area contributed by atoms with Crippen molar-refractivity contribution in [1.29, 1.82) is 0 Å². The highest BCUT2D eigenvalue weighted by Gasteiger charge is 2.43. The lowest BCUT2D eigenvalue weighted by Gasteiger charge is -2.36. The molecule has 0 aromatic heterocycles. The van der Waals surface area contributed by atoms with Crippen LogP contribution in [0, 0.1) is 5.41 Å². The molecule has 1 aromatic rings. The summed E-state index contributed by atoms with van der Waals surface area (Å²) >= 11 is 0. The van der Waals surface area contributed by atoms with Crippen LogP contribution < -0.4 is 10.6 Å². The Morgan fingerprint density at radius 2 is 1.69 bits per heavy atom. The minimum atomic E-state index is -1.20. The number of alkyl carbamates (subject to hydrolysis) is 1. The van der Waals surface area contributed by atoms with E-state index in [-0.39, 0.29) is 26.1 Å². The summed E-state index contributed by atoms with van der Waals surface area (Å²) in [5.74, 6) is -2.18. The molecular weight excluding hydrogens is 542 g/mol. The summed E-state index contributed by atoms with van der Waals surface area (Å²) in [6, 6.07) is 6.02. The highest BCUT2D eigenvalue weighted by molar-refractivity contribution is 5.94. The van der Waals surface area contributed by atoms with E-state index in [0.717, 1.165) is 5.56 Å². The van der Waals surface area contributed by atoms with Crippen molar-refractivity contribution in [1.82, 2.24) is 15.5 Å². The monoisotopic (exact) mass is 587 g/mol. The van der Waals surface area contributed by atoms with E-state index in [1.165, 1.54) is 11.0 Å². The zero-order valence-electron chi connectivity index (χ0n) is 25.6. The summed E-state index contributed by atoms with van der Waals surface area (Å²) in [5, 5.41) is 5.30. The normalized spacial score (nSPS) is 16.5. The summed E-state index contributed by atoms with van der Waals surface area (Å²) in [5.41, 5.74) is -0.721. The molecule has 2 N–H and O–H groups in total. The summed E-state index contributed by atoms with van der Waals surface area (Å²) < 4.78 is 15.8. The molecule has 1 aliphatic heterocycles. The molecule has 0 spiro atoms. The van der Waals surface area contributed by atoms with Gasteiger partial charge in [-0.3, -0.25) is 14.4 Å². The van der Waals surface area contributed by atoms with Gasteiger partial charge in [-0.15, -0.1) is 0 Å². The molecule has 1 aromatic carbocycles. The quantitative estimate of drug-likeness (QED) is 0.215. The molecule has 11 nitrogen and oxygen atoms in total. The van der Waals surface area contributed by atoms with Crippen molar-refractivity contribution >= 4 is 29.8 Å². The first kappa shape index (κ1) is 34.3. The third-order valence-electron chi connectivity index (χ3n) is 6.43. The molecule has 232 valence electrons. The zero-order chi connectivity index (χ0) is 31.5. The zero-order valence-corrected chi connectivity index (χ0v) is 25.6. The molecule has 3 atom stereocenters. The highest BCUT2D eigenvalue weighted by atomic mass is 16.6. The van der Waals surface area contributed by atoms with Crippen molar-refractivity contribution in [2.24, 2.45) is 5.41 Å². The second kappa shape index (κ2) is 15.4. The lowest BCUT2D eigenvalue weighted by atomic mass is 9.85.